The van der Waals surface area contributed by atoms with Crippen LogP contribution >= 0.6 is 0 Å². The predicted octanol–water partition coefficient (Wildman–Crippen LogP) is 6.85. The molecule has 0 aliphatic heterocycles. The van der Waals surface area contributed by atoms with Crippen LogP contribution in [0, 0.1) is 27.7 Å². The molecule has 6 aromatic rings. The minimum atomic E-state index is -4.16. The maximum absolute atomic E-state index is 14.3. The molecule has 0 amide bonds. The Labute approximate surface area is 250 Å². The lowest BCUT2D eigenvalue weighted by Crippen LogP contribution is -2.23. The summed E-state index contributed by atoms with van der Waals surface area (Å²) in [5, 5.41) is 0.511. The summed E-state index contributed by atoms with van der Waals surface area (Å²) in [6.07, 6.45) is 1.74. The number of rotatable bonds is 6. The average molecular weight is 593 g/mol. The third-order valence-electron chi connectivity index (χ3n) is 7.61. The molecule has 0 fully saturated rings. The van der Waals surface area contributed by atoms with Crippen LogP contribution in [0.1, 0.15) is 22.4 Å². The van der Waals surface area contributed by atoms with E-state index in [1.807, 2.05) is 70.2 Å². The van der Waals surface area contributed by atoms with E-state index < -0.39 is 15.6 Å². The molecule has 9 heteroatoms. The lowest BCUT2D eigenvalue weighted by Gasteiger charge is -2.14. The average Bonchev–Trinajstić information content (AvgIpc) is 3.57. The van der Waals surface area contributed by atoms with Gasteiger partial charge in [0.05, 0.1) is 16.3 Å². The molecule has 8 nitrogen and oxygen atoms in total. The maximum atomic E-state index is 14.3. The summed E-state index contributed by atoms with van der Waals surface area (Å²) in [5.74, 6) is 1.19. The number of H-pyrrole nitrogens is 1. The van der Waals surface area contributed by atoms with Gasteiger partial charge >= 0.3 is 0 Å². The Balaban J connectivity index is 1.62. The highest BCUT2D eigenvalue weighted by atomic mass is 32.2. The van der Waals surface area contributed by atoms with Crippen LogP contribution in [0.25, 0.3) is 33.4 Å². The Morgan fingerprint density at radius 3 is 2.23 bits per heavy atom. The summed E-state index contributed by atoms with van der Waals surface area (Å²) in [5.41, 5.74) is 12.5. The summed E-state index contributed by atoms with van der Waals surface area (Å²) in [6, 6.07) is 23.4. The summed E-state index contributed by atoms with van der Waals surface area (Å²) in [6.45, 7) is 7.68. The molecule has 6 rings (SSSR count). The van der Waals surface area contributed by atoms with Crippen LogP contribution in [0.2, 0.25) is 0 Å². The summed E-state index contributed by atoms with van der Waals surface area (Å²) < 4.78 is 37.3. The highest BCUT2D eigenvalue weighted by molar-refractivity contribution is 7.90. The number of pyridine rings is 1. The fraction of sp³-hybridized carbons (Fsp3) is 0.147. The van der Waals surface area contributed by atoms with Crippen molar-refractivity contribution in [3.05, 3.63) is 118 Å². The number of fused-ring (bicyclic) bond motifs is 1. The summed E-state index contributed by atoms with van der Waals surface area (Å²) in [7, 11) is -2.54. The second-order valence-electron chi connectivity index (χ2n) is 11.0. The molecule has 0 aliphatic carbocycles. The molecular formula is C34H32N4O4S. The molecule has 0 saturated heterocycles. The number of hydrogen-bond donors (Lipinski definition) is 2. The third-order valence-corrected chi connectivity index (χ3v) is 9.34. The number of nitrogens with one attached hydrogen (secondary N) is 1. The van der Waals surface area contributed by atoms with Crippen LogP contribution in [-0.2, 0) is 17.1 Å². The molecule has 43 heavy (non-hydrogen) atoms. The lowest BCUT2D eigenvalue weighted by atomic mass is 10.0. The zero-order valence-electron chi connectivity index (χ0n) is 24.6. The minimum absolute atomic E-state index is 0.0677. The number of nitrogen functional groups attached to an aromatic ring is 1. The normalized spacial score (nSPS) is 11.7. The predicted molar refractivity (Wildman–Crippen MR) is 171 cm³/mol. The first-order valence-corrected chi connectivity index (χ1v) is 15.3. The minimum Gasteiger partial charge on any atom is -0.457 e. The maximum Gasteiger partial charge on any atom is 0.275 e. The standard InChI is InChI=1S/C34H32N4O4S/c1-20-6-11-27(12-7-20)43(40,41)38-32(31-13-9-23(4)36-31)18-28-29(19-37(5)34(39)33(28)38)24-14-21(2)15-26(16-24)42-25-10-8-22(3)30(35)17-25/h6-19,36H,35H2,1-5H3. The van der Waals surface area contributed by atoms with Crippen molar-refractivity contribution < 1.29 is 13.2 Å². The van der Waals surface area contributed by atoms with Gasteiger partial charge in [-0.2, -0.15) is 0 Å². The van der Waals surface area contributed by atoms with Crippen LogP contribution in [0.5, 0.6) is 11.5 Å². The Morgan fingerprint density at radius 1 is 0.814 bits per heavy atom. The first-order chi connectivity index (χ1) is 20.4. The fourth-order valence-corrected chi connectivity index (χ4v) is 6.82. The molecule has 3 heterocycles. The van der Waals surface area contributed by atoms with E-state index in [4.69, 9.17) is 10.5 Å². The van der Waals surface area contributed by atoms with Gasteiger partial charge in [-0.1, -0.05) is 29.8 Å². The number of anilines is 1. The second kappa shape index (κ2) is 10.4. The third kappa shape index (κ3) is 5.02. The molecule has 3 N–H and O–H groups in total. The van der Waals surface area contributed by atoms with Crippen molar-refractivity contribution in [2.75, 3.05) is 5.73 Å². The Bertz CT molecular complexity index is 2200. The van der Waals surface area contributed by atoms with Gasteiger partial charge in [-0.15, -0.1) is 0 Å². The van der Waals surface area contributed by atoms with Gasteiger partial charge in [-0.25, -0.2) is 12.4 Å². The van der Waals surface area contributed by atoms with Crippen molar-refractivity contribution in [2.24, 2.45) is 7.05 Å². The highest BCUT2D eigenvalue weighted by Gasteiger charge is 2.28. The number of aromatic nitrogens is 3. The van der Waals surface area contributed by atoms with Gasteiger partial charge in [-0.3, -0.25) is 4.79 Å². The van der Waals surface area contributed by atoms with E-state index in [9.17, 15) is 13.2 Å². The molecular weight excluding hydrogens is 560 g/mol. The summed E-state index contributed by atoms with van der Waals surface area (Å²) >= 11 is 0. The van der Waals surface area contributed by atoms with Crippen molar-refractivity contribution >= 4 is 26.6 Å². The van der Waals surface area contributed by atoms with E-state index in [1.165, 1.54) is 8.54 Å². The number of aromatic amines is 1. The van der Waals surface area contributed by atoms with Crippen molar-refractivity contribution in [1.29, 1.82) is 0 Å². The topological polar surface area (TPSA) is 112 Å². The van der Waals surface area contributed by atoms with Crippen molar-refractivity contribution in [2.45, 2.75) is 32.6 Å². The van der Waals surface area contributed by atoms with Crippen LogP contribution < -0.4 is 16.0 Å². The summed E-state index contributed by atoms with van der Waals surface area (Å²) in [4.78, 5) is 17.1. The Morgan fingerprint density at radius 2 is 1.56 bits per heavy atom. The zero-order chi connectivity index (χ0) is 30.6. The zero-order valence-corrected chi connectivity index (χ0v) is 25.4. The number of hydrogen-bond acceptors (Lipinski definition) is 5. The van der Waals surface area contributed by atoms with E-state index >= 15 is 0 Å². The molecule has 3 aromatic heterocycles. The molecule has 0 aliphatic rings. The largest absolute Gasteiger partial charge is 0.457 e. The molecule has 0 atom stereocenters. The highest BCUT2D eigenvalue weighted by Crippen LogP contribution is 2.38. The molecule has 218 valence electrons. The van der Waals surface area contributed by atoms with E-state index in [0.717, 1.165) is 27.9 Å². The van der Waals surface area contributed by atoms with Crippen LogP contribution in [0.3, 0.4) is 0 Å². The van der Waals surface area contributed by atoms with E-state index in [-0.39, 0.29) is 10.4 Å². The number of benzene rings is 3. The molecule has 0 spiro atoms. The van der Waals surface area contributed by atoms with Gasteiger partial charge < -0.3 is 20.0 Å². The molecule has 0 radical (unpaired) electrons. The molecule has 0 bridgehead atoms. The van der Waals surface area contributed by atoms with Crippen LogP contribution in [0.15, 0.2) is 94.7 Å². The number of nitrogens with two attached hydrogens (primary N) is 1. The molecule has 0 saturated carbocycles. The van der Waals surface area contributed by atoms with Crippen molar-refractivity contribution in [1.82, 2.24) is 13.5 Å². The monoisotopic (exact) mass is 592 g/mol. The van der Waals surface area contributed by atoms with Crippen LogP contribution in [0.4, 0.5) is 5.69 Å². The quantitative estimate of drug-likeness (QED) is 0.206. The number of aryl methyl sites for hydroxylation is 5. The Kier molecular flexibility index (Phi) is 6.77. The fourth-order valence-electron chi connectivity index (χ4n) is 5.31. The second-order valence-corrected chi connectivity index (χ2v) is 12.8. The van der Waals surface area contributed by atoms with E-state index in [2.05, 4.69) is 4.98 Å². The van der Waals surface area contributed by atoms with Gasteiger partial charge in [0.2, 0.25) is 0 Å². The smallest absolute Gasteiger partial charge is 0.275 e. The van der Waals surface area contributed by atoms with Crippen molar-refractivity contribution in [3.8, 4) is 34.0 Å². The SMILES string of the molecule is Cc1ccc(S(=O)(=O)n2c(-c3ccc(C)[nH]3)cc3c(-c4cc(C)cc(Oc5ccc(C)c(N)c5)c4)cn(C)c(=O)c32)cc1. The van der Waals surface area contributed by atoms with Gasteiger partial charge in [0.1, 0.15) is 17.0 Å². The van der Waals surface area contributed by atoms with Gasteiger partial charge in [-0.05, 0) is 92.9 Å². The number of ether oxygens (including phenoxy) is 1. The van der Waals surface area contributed by atoms with E-state index in [1.54, 1.807) is 49.6 Å². The van der Waals surface area contributed by atoms with Gasteiger partial charge in [0.25, 0.3) is 15.6 Å². The molecule has 3 aromatic carbocycles. The lowest BCUT2D eigenvalue weighted by molar-refractivity contribution is 0.482. The first-order valence-electron chi connectivity index (χ1n) is 13.8. The molecule has 0 unspecified atom stereocenters. The van der Waals surface area contributed by atoms with E-state index in [0.29, 0.717) is 39.5 Å². The van der Waals surface area contributed by atoms with Crippen LogP contribution in [-0.4, -0.2) is 21.9 Å². The van der Waals surface area contributed by atoms with Crippen molar-refractivity contribution in [3.63, 3.8) is 0 Å². The number of nitrogens with zero attached hydrogens (tertiary/aromatic N) is 2. The first kappa shape index (κ1) is 28.1. The van der Waals surface area contributed by atoms with Gasteiger partial charge in [0, 0.05) is 41.6 Å². The Hall–Kier alpha value is -5.02. The van der Waals surface area contributed by atoms with Gasteiger partial charge in [0.15, 0.2) is 0 Å².